The van der Waals surface area contributed by atoms with E-state index in [2.05, 4.69) is 20.8 Å². The first-order chi connectivity index (χ1) is 8.16. The Bertz CT molecular complexity index is 438. The number of hydrogen-bond acceptors (Lipinski definition) is 3. The van der Waals surface area contributed by atoms with E-state index in [1.165, 1.54) is 25.9 Å². The summed E-state index contributed by atoms with van der Waals surface area (Å²) in [6, 6.07) is 1.65. The van der Waals surface area contributed by atoms with Crippen LogP contribution in [0.5, 0.6) is 0 Å². The van der Waals surface area contributed by atoms with E-state index in [0.29, 0.717) is 10.2 Å². The van der Waals surface area contributed by atoms with E-state index in [4.69, 9.17) is 5.73 Å². The number of nitrogens with zero attached hydrogens (tertiary/aromatic N) is 2. The lowest BCUT2D eigenvalue weighted by molar-refractivity contribution is 0.324. The third-order valence-corrected chi connectivity index (χ3v) is 3.70. The predicted octanol–water partition coefficient (Wildman–Crippen LogP) is 1.68. The molecule has 0 aromatic carbocycles. The van der Waals surface area contributed by atoms with Gasteiger partial charge in [0.1, 0.15) is 0 Å². The number of aromatic nitrogens is 1. The zero-order valence-corrected chi connectivity index (χ0v) is 11.4. The highest BCUT2D eigenvalue weighted by Crippen LogP contribution is 2.10. The fourth-order valence-electron chi connectivity index (χ4n) is 2.26. The van der Waals surface area contributed by atoms with Crippen molar-refractivity contribution in [1.82, 2.24) is 9.47 Å². The topological polar surface area (TPSA) is 51.3 Å². The minimum absolute atomic E-state index is 0.000576. The first kappa shape index (κ1) is 12.6. The molecule has 1 fully saturated rings. The molecule has 0 unspecified atom stereocenters. The van der Waals surface area contributed by atoms with Crippen LogP contribution in [0.25, 0.3) is 0 Å². The summed E-state index contributed by atoms with van der Waals surface area (Å²) in [5, 5.41) is 0. The Kier molecular flexibility index (Phi) is 4.23. The van der Waals surface area contributed by atoms with Gasteiger partial charge in [-0.15, -0.1) is 0 Å². The van der Waals surface area contributed by atoms with Gasteiger partial charge in [0.25, 0.3) is 5.56 Å². The molecule has 0 aliphatic carbocycles. The number of halogens is 1. The smallest absolute Gasteiger partial charge is 0.264 e. The first-order valence-electron chi connectivity index (χ1n) is 6.04. The van der Waals surface area contributed by atoms with Crippen LogP contribution in [-0.2, 0) is 6.54 Å². The monoisotopic (exact) mass is 299 g/mol. The number of hydrogen-bond donors (Lipinski definition) is 1. The van der Waals surface area contributed by atoms with Crippen LogP contribution in [0, 0.1) is 0 Å². The molecule has 1 aliphatic heterocycles. The van der Waals surface area contributed by atoms with Crippen molar-refractivity contribution in [3.63, 3.8) is 0 Å². The van der Waals surface area contributed by atoms with E-state index in [1.54, 1.807) is 16.8 Å². The lowest BCUT2D eigenvalue weighted by atomic mass is 10.3. The number of anilines is 1. The van der Waals surface area contributed by atoms with Crippen LogP contribution in [0.15, 0.2) is 21.5 Å². The Balaban J connectivity index is 1.92. The summed E-state index contributed by atoms with van der Waals surface area (Å²) in [5.41, 5.74) is 6.35. The molecule has 2 heterocycles. The molecule has 1 aliphatic rings. The van der Waals surface area contributed by atoms with Gasteiger partial charge in [-0.2, -0.15) is 0 Å². The van der Waals surface area contributed by atoms with E-state index in [9.17, 15) is 4.79 Å². The second-order valence-corrected chi connectivity index (χ2v) is 5.38. The summed E-state index contributed by atoms with van der Waals surface area (Å²) in [6.07, 6.45) is 5.33. The first-order valence-corrected chi connectivity index (χ1v) is 6.84. The number of likely N-dealkylation sites (tertiary alicyclic amines) is 1. The molecule has 0 spiro atoms. The maximum absolute atomic E-state index is 11.8. The van der Waals surface area contributed by atoms with E-state index < -0.39 is 0 Å². The molecule has 0 atom stereocenters. The van der Waals surface area contributed by atoms with Crippen molar-refractivity contribution in [1.29, 1.82) is 0 Å². The van der Waals surface area contributed by atoms with Gasteiger partial charge in [0.05, 0.1) is 4.47 Å². The summed E-state index contributed by atoms with van der Waals surface area (Å²) in [5.74, 6) is 0. The van der Waals surface area contributed by atoms with Gasteiger partial charge in [-0.1, -0.05) is 0 Å². The largest absolute Gasteiger partial charge is 0.398 e. The fraction of sp³-hybridized carbons (Fsp3) is 0.583. The Labute approximate surface area is 110 Å². The maximum atomic E-state index is 11.8. The van der Waals surface area contributed by atoms with E-state index in [-0.39, 0.29) is 5.56 Å². The van der Waals surface area contributed by atoms with Gasteiger partial charge >= 0.3 is 0 Å². The molecule has 0 saturated carbocycles. The van der Waals surface area contributed by atoms with Gasteiger partial charge in [0, 0.05) is 18.4 Å². The summed E-state index contributed by atoms with van der Waals surface area (Å²) < 4.78 is 2.23. The summed E-state index contributed by atoms with van der Waals surface area (Å²) >= 11 is 3.23. The van der Waals surface area contributed by atoms with Gasteiger partial charge in [0.15, 0.2) is 0 Å². The molecule has 1 aromatic heterocycles. The third-order valence-electron chi connectivity index (χ3n) is 3.14. The van der Waals surface area contributed by atoms with Crippen molar-refractivity contribution in [3.8, 4) is 0 Å². The van der Waals surface area contributed by atoms with Gasteiger partial charge in [-0.3, -0.25) is 4.79 Å². The van der Waals surface area contributed by atoms with Crippen molar-refractivity contribution >= 4 is 21.6 Å². The zero-order chi connectivity index (χ0) is 12.3. The molecular formula is C12H18BrN3O. The van der Waals surface area contributed by atoms with E-state index in [0.717, 1.165) is 19.5 Å². The predicted molar refractivity (Wildman–Crippen MR) is 73.1 cm³/mol. The molecule has 0 amide bonds. The molecule has 1 saturated heterocycles. The average Bonchev–Trinajstić information content (AvgIpc) is 2.78. The second kappa shape index (κ2) is 5.69. The standard InChI is InChI=1S/C12H18BrN3O/c13-11-8-10(14)9-16(12(11)17)7-3-6-15-4-1-2-5-15/h8-9H,1-7,14H2. The Morgan fingerprint density at radius 2 is 2.00 bits per heavy atom. The van der Waals surface area contributed by atoms with E-state index >= 15 is 0 Å². The van der Waals surface area contributed by atoms with Crippen molar-refractivity contribution in [2.24, 2.45) is 0 Å². The Morgan fingerprint density at radius 1 is 1.29 bits per heavy atom. The molecule has 17 heavy (non-hydrogen) atoms. The molecule has 1 aromatic rings. The molecular weight excluding hydrogens is 282 g/mol. The van der Waals surface area contributed by atoms with Gasteiger partial charge in [0.2, 0.25) is 0 Å². The molecule has 0 radical (unpaired) electrons. The molecule has 5 heteroatoms. The van der Waals surface area contributed by atoms with Crippen molar-refractivity contribution in [2.75, 3.05) is 25.4 Å². The fourth-order valence-corrected chi connectivity index (χ4v) is 2.75. The van der Waals surface area contributed by atoms with E-state index in [1.807, 2.05) is 0 Å². The number of aryl methyl sites for hydroxylation is 1. The Hall–Kier alpha value is -0.810. The van der Waals surface area contributed by atoms with Gasteiger partial charge in [-0.25, -0.2) is 0 Å². The minimum atomic E-state index is 0.000576. The number of nitrogen functional groups attached to an aromatic ring is 1. The maximum Gasteiger partial charge on any atom is 0.264 e. The molecule has 2 N–H and O–H groups in total. The van der Waals surface area contributed by atoms with Crippen LogP contribution in [-0.4, -0.2) is 29.1 Å². The zero-order valence-electron chi connectivity index (χ0n) is 9.86. The minimum Gasteiger partial charge on any atom is -0.398 e. The van der Waals surface area contributed by atoms with Crippen LogP contribution < -0.4 is 11.3 Å². The Morgan fingerprint density at radius 3 is 2.71 bits per heavy atom. The number of rotatable bonds is 4. The van der Waals surface area contributed by atoms with Crippen LogP contribution >= 0.6 is 15.9 Å². The van der Waals surface area contributed by atoms with Crippen LogP contribution in [0.3, 0.4) is 0 Å². The lowest BCUT2D eigenvalue weighted by Crippen LogP contribution is -2.25. The SMILES string of the molecule is Nc1cc(Br)c(=O)n(CCCN2CCCC2)c1. The number of nitrogens with two attached hydrogens (primary N) is 1. The van der Waals surface area contributed by atoms with Crippen molar-refractivity contribution in [2.45, 2.75) is 25.8 Å². The second-order valence-electron chi connectivity index (χ2n) is 4.52. The molecule has 0 bridgehead atoms. The molecule has 2 rings (SSSR count). The van der Waals surface area contributed by atoms with Crippen LogP contribution in [0.2, 0.25) is 0 Å². The highest BCUT2D eigenvalue weighted by atomic mass is 79.9. The summed E-state index contributed by atoms with van der Waals surface area (Å²) in [6.45, 7) is 4.21. The highest BCUT2D eigenvalue weighted by Gasteiger charge is 2.10. The van der Waals surface area contributed by atoms with Crippen molar-refractivity contribution < 1.29 is 0 Å². The quantitative estimate of drug-likeness (QED) is 0.920. The molecule has 4 nitrogen and oxygen atoms in total. The van der Waals surface area contributed by atoms with Crippen LogP contribution in [0.4, 0.5) is 5.69 Å². The van der Waals surface area contributed by atoms with Gasteiger partial charge in [-0.05, 0) is 60.9 Å². The summed E-state index contributed by atoms with van der Waals surface area (Å²) in [7, 11) is 0. The average molecular weight is 300 g/mol. The van der Waals surface area contributed by atoms with Crippen molar-refractivity contribution in [3.05, 3.63) is 27.1 Å². The van der Waals surface area contributed by atoms with Crippen LogP contribution in [0.1, 0.15) is 19.3 Å². The number of pyridine rings is 1. The normalized spacial score (nSPS) is 16.5. The highest BCUT2D eigenvalue weighted by molar-refractivity contribution is 9.10. The third kappa shape index (κ3) is 3.33. The summed E-state index contributed by atoms with van der Waals surface area (Å²) in [4.78, 5) is 14.2. The molecule has 94 valence electrons. The lowest BCUT2D eigenvalue weighted by Gasteiger charge is -2.15. The van der Waals surface area contributed by atoms with Gasteiger partial charge < -0.3 is 15.2 Å².